The lowest BCUT2D eigenvalue weighted by Gasteiger charge is -2.18. The maximum Gasteiger partial charge on any atom is 0.238 e. The van der Waals surface area contributed by atoms with E-state index in [9.17, 15) is 4.79 Å². The van der Waals surface area contributed by atoms with Crippen LogP contribution in [-0.4, -0.2) is 26.0 Å². The average Bonchev–Trinajstić information content (AvgIpc) is 3.29. The van der Waals surface area contributed by atoms with Gasteiger partial charge >= 0.3 is 0 Å². The Morgan fingerprint density at radius 1 is 0.735 bits per heavy atom. The van der Waals surface area contributed by atoms with Crippen molar-refractivity contribution in [2.45, 2.75) is 5.92 Å². The van der Waals surface area contributed by atoms with Gasteiger partial charge in [-0.2, -0.15) is 4.80 Å². The van der Waals surface area contributed by atoms with Gasteiger partial charge in [-0.05, 0) is 53.7 Å². The van der Waals surface area contributed by atoms with Gasteiger partial charge in [0.25, 0.3) is 0 Å². The van der Waals surface area contributed by atoms with Crippen molar-refractivity contribution >= 4 is 40.0 Å². The van der Waals surface area contributed by atoms with E-state index in [1.807, 2.05) is 109 Å². The zero-order chi connectivity index (χ0) is 23.3. The molecule has 7 heteroatoms. The van der Waals surface area contributed by atoms with Crippen LogP contribution in [0.5, 0.6) is 0 Å². The van der Waals surface area contributed by atoms with Crippen molar-refractivity contribution in [3.8, 4) is 5.69 Å². The van der Waals surface area contributed by atoms with Crippen LogP contribution in [0, 0.1) is 0 Å². The van der Waals surface area contributed by atoms with Gasteiger partial charge in [0.2, 0.25) is 5.91 Å². The fraction of sp³-hybridized carbons (Fsp3) is 0.0370. The summed E-state index contributed by atoms with van der Waals surface area (Å²) in [4.78, 5) is 14.8. The van der Waals surface area contributed by atoms with Crippen LogP contribution in [-0.2, 0) is 4.79 Å². The number of rotatable bonds is 5. The molecule has 2 N–H and O–H groups in total. The van der Waals surface area contributed by atoms with Crippen molar-refractivity contribution in [3.05, 3.63) is 120 Å². The largest absolute Gasteiger partial charge is 0.332 e. The summed E-state index contributed by atoms with van der Waals surface area (Å²) in [6.45, 7) is 0. The van der Waals surface area contributed by atoms with Crippen molar-refractivity contribution in [3.63, 3.8) is 0 Å². The molecule has 4 aromatic carbocycles. The maximum absolute atomic E-state index is 13.3. The molecule has 1 heterocycles. The van der Waals surface area contributed by atoms with E-state index < -0.39 is 5.92 Å². The van der Waals surface area contributed by atoms with Gasteiger partial charge in [0.05, 0.1) is 11.6 Å². The Bertz CT molecular complexity index is 1400. The summed E-state index contributed by atoms with van der Waals surface area (Å²) >= 11 is 5.45. The van der Waals surface area contributed by atoms with Crippen molar-refractivity contribution in [1.29, 1.82) is 0 Å². The van der Waals surface area contributed by atoms with Gasteiger partial charge < -0.3 is 10.6 Å². The molecule has 166 valence electrons. The molecule has 0 aliphatic rings. The smallest absolute Gasteiger partial charge is 0.238 e. The van der Waals surface area contributed by atoms with Crippen LogP contribution in [0.2, 0.25) is 0 Å². The summed E-state index contributed by atoms with van der Waals surface area (Å²) in [5.41, 5.74) is 4.87. The number of carbonyl (C=O) groups is 1. The minimum absolute atomic E-state index is 0.203. The molecule has 0 atom stereocenters. The molecule has 0 bridgehead atoms. The number of nitrogens with one attached hydrogen (secondary N) is 2. The molecular weight excluding hydrogens is 442 g/mol. The zero-order valence-electron chi connectivity index (χ0n) is 18.1. The minimum Gasteiger partial charge on any atom is -0.332 e. The van der Waals surface area contributed by atoms with E-state index >= 15 is 0 Å². The van der Waals surface area contributed by atoms with Gasteiger partial charge in [0.1, 0.15) is 11.0 Å². The molecule has 5 aromatic rings. The monoisotopic (exact) mass is 463 g/mol. The van der Waals surface area contributed by atoms with Crippen LogP contribution in [0.15, 0.2) is 109 Å². The second-order valence-corrected chi connectivity index (χ2v) is 8.13. The molecular formula is C27H21N5OS. The molecule has 1 aromatic heterocycles. The van der Waals surface area contributed by atoms with E-state index in [2.05, 4.69) is 20.8 Å². The normalized spacial score (nSPS) is 10.9. The number of nitrogens with zero attached hydrogens (tertiary/aromatic N) is 3. The highest BCUT2D eigenvalue weighted by Crippen LogP contribution is 2.25. The first-order valence-corrected chi connectivity index (χ1v) is 11.2. The molecule has 34 heavy (non-hydrogen) atoms. The first kappa shape index (κ1) is 21.5. The van der Waals surface area contributed by atoms with Crippen molar-refractivity contribution < 1.29 is 4.79 Å². The summed E-state index contributed by atoms with van der Waals surface area (Å²) in [5.74, 6) is -0.679. The third-order valence-electron chi connectivity index (χ3n) is 5.39. The average molecular weight is 464 g/mol. The molecule has 0 aliphatic carbocycles. The van der Waals surface area contributed by atoms with Crippen molar-refractivity contribution in [1.82, 2.24) is 20.3 Å². The van der Waals surface area contributed by atoms with Crippen molar-refractivity contribution in [2.24, 2.45) is 0 Å². The lowest BCUT2D eigenvalue weighted by Crippen LogP contribution is -2.37. The molecule has 0 radical (unpaired) electrons. The molecule has 0 fully saturated rings. The number of carbonyl (C=O) groups excluding carboxylic acids is 1. The predicted octanol–water partition coefficient (Wildman–Crippen LogP) is 5.07. The third kappa shape index (κ3) is 4.69. The number of amides is 1. The predicted molar refractivity (Wildman–Crippen MR) is 138 cm³/mol. The molecule has 1 amide bonds. The number of anilines is 1. The third-order valence-corrected chi connectivity index (χ3v) is 5.59. The quantitative estimate of drug-likeness (QED) is 0.356. The number of thiocarbonyl (C=S) groups is 1. The molecule has 0 aliphatic heterocycles. The van der Waals surface area contributed by atoms with E-state index in [0.717, 1.165) is 27.8 Å². The molecule has 5 rings (SSSR count). The van der Waals surface area contributed by atoms with E-state index in [1.165, 1.54) is 0 Å². The number of aromatic nitrogens is 3. The van der Waals surface area contributed by atoms with Crippen LogP contribution in [0.4, 0.5) is 5.69 Å². The minimum atomic E-state index is -0.476. The summed E-state index contributed by atoms with van der Waals surface area (Å²) in [6, 6.07) is 34.6. The molecule has 0 saturated carbocycles. The maximum atomic E-state index is 13.3. The summed E-state index contributed by atoms with van der Waals surface area (Å²) in [7, 11) is 0. The van der Waals surface area contributed by atoms with Crippen LogP contribution in [0.25, 0.3) is 16.7 Å². The number of fused-ring (bicyclic) bond motifs is 1. The van der Waals surface area contributed by atoms with Gasteiger partial charge in [0.15, 0.2) is 5.11 Å². The van der Waals surface area contributed by atoms with Gasteiger partial charge in [-0.1, -0.05) is 78.9 Å². The Morgan fingerprint density at radius 2 is 1.29 bits per heavy atom. The lowest BCUT2D eigenvalue weighted by molar-refractivity contribution is -0.120. The standard InChI is InChI=1S/C27H21N5OS/c33-26(25(19-10-4-1-5-11-19)20-12-6-2-7-13-20)29-27(34)28-21-16-17-23-24(18-21)31-32(30-23)22-14-8-3-9-15-22/h1-18,25H,(H2,28,29,33,34). The van der Waals surface area contributed by atoms with Crippen LogP contribution in [0.3, 0.4) is 0 Å². The van der Waals surface area contributed by atoms with Gasteiger partial charge in [-0.15, -0.1) is 10.2 Å². The lowest BCUT2D eigenvalue weighted by atomic mass is 9.90. The highest BCUT2D eigenvalue weighted by Gasteiger charge is 2.23. The van der Waals surface area contributed by atoms with Gasteiger partial charge in [0, 0.05) is 5.69 Å². The van der Waals surface area contributed by atoms with E-state index in [-0.39, 0.29) is 11.0 Å². The fourth-order valence-electron chi connectivity index (χ4n) is 3.80. The summed E-state index contributed by atoms with van der Waals surface area (Å²) < 4.78 is 0. The first-order chi connectivity index (χ1) is 16.7. The summed E-state index contributed by atoms with van der Waals surface area (Å²) in [5, 5.41) is 15.2. The Morgan fingerprint density at radius 3 is 1.91 bits per heavy atom. The summed E-state index contributed by atoms with van der Waals surface area (Å²) in [6.07, 6.45) is 0. The first-order valence-electron chi connectivity index (χ1n) is 10.8. The number of para-hydroxylation sites is 1. The fourth-order valence-corrected chi connectivity index (χ4v) is 4.02. The van der Waals surface area contributed by atoms with Crippen LogP contribution < -0.4 is 10.6 Å². The van der Waals surface area contributed by atoms with Gasteiger partial charge in [-0.3, -0.25) is 4.79 Å². The van der Waals surface area contributed by atoms with E-state index in [1.54, 1.807) is 4.80 Å². The second-order valence-electron chi connectivity index (χ2n) is 7.73. The molecule has 0 unspecified atom stereocenters. The topological polar surface area (TPSA) is 71.8 Å². The molecule has 0 spiro atoms. The van der Waals surface area contributed by atoms with Crippen molar-refractivity contribution in [2.75, 3.05) is 5.32 Å². The van der Waals surface area contributed by atoms with E-state index in [4.69, 9.17) is 12.2 Å². The zero-order valence-corrected chi connectivity index (χ0v) is 18.9. The second kappa shape index (κ2) is 9.64. The SMILES string of the molecule is O=C(NC(=S)Nc1ccc2nn(-c3ccccc3)nc2c1)C(c1ccccc1)c1ccccc1. The highest BCUT2D eigenvalue weighted by molar-refractivity contribution is 7.80. The molecule has 6 nitrogen and oxygen atoms in total. The number of benzene rings is 4. The Balaban J connectivity index is 1.33. The van der Waals surface area contributed by atoms with Crippen LogP contribution >= 0.6 is 12.2 Å². The van der Waals surface area contributed by atoms with Gasteiger partial charge in [-0.25, -0.2) is 0 Å². The Hall–Kier alpha value is -4.36. The van der Waals surface area contributed by atoms with E-state index in [0.29, 0.717) is 5.69 Å². The number of hydrogen-bond donors (Lipinski definition) is 2. The molecule has 0 saturated heterocycles. The highest BCUT2D eigenvalue weighted by atomic mass is 32.1. The van der Waals surface area contributed by atoms with Crippen LogP contribution in [0.1, 0.15) is 17.0 Å². The Kier molecular flexibility index (Phi) is 6.09. The Labute approximate surface area is 202 Å². The number of hydrogen-bond acceptors (Lipinski definition) is 4.